The molecule has 8 heteroatoms. The van der Waals surface area contributed by atoms with Crippen LogP contribution in [0.15, 0.2) is 66.7 Å². The van der Waals surface area contributed by atoms with Gasteiger partial charge in [0.05, 0.1) is 0 Å². The van der Waals surface area contributed by atoms with Gasteiger partial charge in [-0.05, 0) is 67.6 Å². The van der Waals surface area contributed by atoms with E-state index in [2.05, 4.69) is 5.32 Å². The van der Waals surface area contributed by atoms with E-state index in [1.54, 1.807) is 41.3 Å². The number of benzene rings is 3. The number of amides is 2. The molecule has 1 fully saturated rings. The van der Waals surface area contributed by atoms with Crippen molar-refractivity contribution in [1.29, 1.82) is 0 Å². The minimum atomic E-state index is -0.812. The molecular weight excluding hydrogens is 472 g/mol. The van der Waals surface area contributed by atoms with Crippen molar-refractivity contribution in [1.82, 2.24) is 4.90 Å². The molecule has 0 bridgehead atoms. The molecule has 4 rings (SSSR count). The first-order valence-corrected chi connectivity index (χ1v) is 11.9. The van der Waals surface area contributed by atoms with E-state index in [9.17, 15) is 18.4 Å². The predicted molar refractivity (Wildman–Crippen MR) is 132 cm³/mol. The fourth-order valence-electron chi connectivity index (χ4n) is 4.41. The highest BCUT2D eigenvalue weighted by Crippen LogP contribution is 2.28. The second-order valence-electron chi connectivity index (χ2n) is 8.78. The van der Waals surface area contributed by atoms with Crippen LogP contribution in [0.1, 0.15) is 52.0 Å². The summed E-state index contributed by atoms with van der Waals surface area (Å²) in [4.78, 5) is 27.9. The molecule has 0 saturated heterocycles. The molecule has 5 nitrogen and oxygen atoms in total. The van der Waals surface area contributed by atoms with Crippen LogP contribution in [0, 0.1) is 11.6 Å². The molecule has 3 N–H and O–H groups in total. The number of nitrogens with two attached hydrogens (primary N) is 1. The molecule has 0 radical (unpaired) electrons. The standard InChI is InChI=1S/C27H26ClF2N3O2/c28-20-6-3-5-17(12-20)26(34)32-25-7-2-1-4-18(25)16-33(24-10-8-23(31)9-11-24)27(35)19-13-21(29)15-22(30)14-19/h1-7,12-15,23-24H,8-11,16,31H2,(H,32,34). The molecule has 1 saturated carbocycles. The lowest BCUT2D eigenvalue weighted by Gasteiger charge is -2.36. The lowest BCUT2D eigenvalue weighted by molar-refractivity contribution is 0.0606. The first kappa shape index (κ1) is 24.8. The van der Waals surface area contributed by atoms with Crippen molar-refractivity contribution in [3.05, 3.63) is 100 Å². The number of hydrogen-bond acceptors (Lipinski definition) is 3. The molecule has 1 aliphatic rings. The molecule has 182 valence electrons. The number of nitrogens with one attached hydrogen (secondary N) is 1. The summed E-state index contributed by atoms with van der Waals surface area (Å²) in [6.45, 7) is 0.156. The topological polar surface area (TPSA) is 75.4 Å². The monoisotopic (exact) mass is 497 g/mol. The molecule has 0 unspecified atom stereocenters. The average molecular weight is 498 g/mol. The van der Waals surface area contributed by atoms with Gasteiger partial charge in [-0.1, -0.05) is 35.9 Å². The van der Waals surface area contributed by atoms with Crippen molar-refractivity contribution < 1.29 is 18.4 Å². The fourth-order valence-corrected chi connectivity index (χ4v) is 4.60. The van der Waals surface area contributed by atoms with Crippen LogP contribution in [0.25, 0.3) is 0 Å². The van der Waals surface area contributed by atoms with Gasteiger partial charge in [-0.15, -0.1) is 0 Å². The Bertz CT molecular complexity index is 1210. The molecule has 2 amide bonds. The van der Waals surface area contributed by atoms with Crippen LogP contribution >= 0.6 is 11.6 Å². The zero-order chi connectivity index (χ0) is 24.9. The molecule has 0 atom stereocenters. The van der Waals surface area contributed by atoms with E-state index >= 15 is 0 Å². The van der Waals surface area contributed by atoms with E-state index in [4.69, 9.17) is 17.3 Å². The van der Waals surface area contributed by atoms with Crippen LogP contribution in [0.4, 0.5) is 14.5 Å². The van der Waals surface area contributed by atoms with Gasteiger partial charge in [0.1, 0.15) is 11.6 Å². The lowest BCUT2D eigenvalue weighted by Crippen LogP contribution is -2.44. The Kier molecular flexibility index (Phi) is 7.78. The minimum absolute atomic E-state index is 0.0576. The van der Waals surface area contributed by atoms with Gasteiger partial charge in [0.2, 0.25) is 0 Å². The van der Waals surface area contributed by atoms with Gasteiger partial charge < -0.3 is 16.0 Å². The quantitative estimate of drug-likeness (QED) is 0.453. The molecule has 3 aromatic rings. The number of carbonyl (C=O) groups excluding carboxylic acids is 2. The molecular formula is C27H26ClF2N3O2. The van der Waals surface area contributed by atoms with Crippen LogP contribution in [0.3, 0.4) is 0 Å². The highest BCUT2D eigenvalue weighted by atomic mass is 35.5. The van der Waals surface area contributed by atoms with Gasteiger partial charge in [0.15, 0.2) is 0 Å². The van der Waals surface area contributed by atoms with Crippen LogP contribution in [0.2, 0.25) is 5.02 Å². The summed E-state index contributed by atoms with van der Waals surface area (Å²) >= 11 is 6.02. The largest absolute Gasteiger partial charge is 0.331 e. The number of nitrogens with zero attached hydrogens (tertiary/aromatic N) is 1. The SMILES string of the molecule is NC1CCC(N(Cc2ccccc2NC(=O)c2cccc(Cl)c2)C(=O)c2cc(F)cc(F)c2)CC1. The second kappa shape index (κ2) is 11.0. The Morgan fingerprint density at radius 3 is 2.29 bits per heavy atom. The third-order valence-electron chi connectivity index (χ3n) is 6.25. The van der Waals surface area contributed by atoms with Gasteiger partial charge >= 0.3 is 0 Å². The Hall–Kier alpha value is -3.29. The van der Waals surface area contributed by atoms with E-state index in [0.717, 1.165) is 31.0 Å². The second-order valence-corrected chi connectivity index (χ2v) is 9.22. The molecule has 1 aliphatic carbocycles. The van der Waals surface area contributed by atoms with Crippen molar-refractivity contribution >= 4 is 29.1 Å². The van der Waals surface area contributed by atoms with Gasteiger partial charge in [-0.2, -0.15) is 0 Å². The predicted octanol–water partition coefficient (Wildman–Crippen LogP) is 5.78. The van der Waals surface area contributed by atoms with Gasteiger partial charge in [0.25, 0.3) is 11.8 Å². The van der Waals surface area contributed by atoms with Crippen LogP contribution in [-0.4, -0.2) is 28.8 Å². The summed E-state index contributed by atoms with van der Waals surface area (Å²) in [7, 11) is 0. The average Bonchev–Trinajstić information content (AvgIpc) is 2.83. The van der Waals surface area contributed by atoms with Crippen LogP contribution < -0.4 is 11.1 Å². The number of para-hydroxylation sites is 1. The number of rotatable bonds is 6. The summed E-state index contributed by atoms with van der Waals surface area (Å²) in [5.41, 5.74) is 7.64. The normalized spacial score (nSPS) is 17.6. The van der Waals surface area contributed by atoms with E-state index in [-0.39, 0.29) is 30.1 Å². The summed E-state index contributed by atoms with van der Waals surface area (Å²) in [5.74, 6) is -2.44. The number of anilines is 1. The van der Waals surface area contributed by atoms with Crippen LogP contribution in [-0.2, 0) is 6.54 Å². The van der Waals surface area contributed by atoms with Gasteiger partial charge in [0, 0.05) is 46.5 Å². The fraction of sp³-hybridized carbons (Fsp3) is 0.259. The first-order valence-electron chi connectivity index (χ1n) is 11.5. The Morgan fingerprint density at radius 2 is 1.60 bits per heavy atom. The number of hydrogen-bond donors (Lipinski definition) is 2. The van der Waals surface area contributed by atoms with Crippen molar-refractivity contribution in [2.24, 2.45) is 5.73 Å². The maximum Gasteiger partial charge on any atom is 0.255 e. The third-order valence-corrected chi connectivity index (χ3v) is 6.48. The molecule has 35 heavy (non-hydrogen) atoms. The van der Waals surface area contributed by atoms with Crippen LogP contribution in [0.5, 0.6) is 0 Å². The Balaban J connectivity index is 1.63. The highest BCUT2D eigenvalue weighted by Gasteiger charge is 2.29. The summed E-state index contributed by atoms with van der Waals surface area (Å²) in [6.07, 6.45) is 2.86. The maximum absolute atomic E-state index is 13.9. The zero-order valence-corrected chi connectivity index (χ0v) is 19.8. The van der Waals surface area contributed by atoms with Gasteiger partial charge in [-0.3, -0.25) is 9.59 Å². The van der Waals surface area contributed by atoms with E-state index in [1.807, 2.05) is 12.1 Å². The third kappa shape index (κ3) is 6.24. The maximum atomic E-state index is 13.9. The smallest absolute Gasteiger partial charge is 0.255 e. The van der Waals surface area contributed by atoms with Crippen molar-refractivity contribution in [3.8, 4) is 0 Å². The van der Waals surface area contributed by atoms with Gasteiger partial charge in [-0.25, -0.2) is 8.78 Å². The van der Waals surface area contributed by atoms with E-state index in [1.165, 1.54) is 0 Å². The van der Waals surface area contributed by atoms with Crippen molar-refractivity contribution in [2.75, 3.05) is 5.32 Å². The number of carbonyl (C=O) groups is 2. The lowest BCUT2D eigenvalue weighted by atomic mass is 9.90. The van der Waals surface area contributed by atoms with Crippen molar-refractivity contribution in [3.63, 3.8) is 0 Å². The van der Waals surface area contributed by atoms with E-state index < -0.39 is 17.5 Å². The zero-order valence-electron chi connectivity index (χ0n) is 19.0. The molecule has 3 aromatic carbocycles. The van der Waals surface area contributed by atoms with Crippen molar-refractivity contribution in [2.45, 2.75) is 44.3 Å². The van der Waals surface area contributed by atoms with E-state index in [0.29, 0.717) is 34.7 Å². The molecule has 0 spiro atoms. The molecule has 0 aliphatic heterocycles. The Morgan fingerprint density at radius 1 is 0.914 bits per heavy atom. The summed E-state index contributed by atoms with van der Waals surface area (Å²) < 4.78 is 27.8. The highest BCUT2D eigenvalue weighted by molar-refractivity contribution is 6.31. The minimum Gasteiger partial charge on any atom is -0.331 e. The summed E-state index contributed by atoms with van der Waals surface area (Å²) in [6, 6.07) is 16.5. The number of halogens is 3. The summed E-state index contributed by atoms with van der Waals surface area (Å²) in [5, 5.41) is 3.34. The Labute approximate surface area is 207 Å². The molecule has 0 heterocycles. The molecule has 0 aromatic heterocycles. The first-order chi connectivity index (χ1) is 16.8.